The quantitative estimate of drug-likeness (QED) is 0.596. The molecule has 0 amide bonds. The molecular formula is C8H12F4O4. The summed E-state index contributed by atoms with van der Waals surface area (Å²) in [6, 6.07) is 0. The third kappa shape index (κ3) is 23.0. The van der Waals surface area contributed by atoms with E-state index in [0.717, 1.165) is 6.92 Å². The smallest absolute Gasteiger partial charge is 0.303 e. The second kappa shape index (κ2) is 10.2. The van der Waals surface area contributed by atoms with Crippen LogP contribution in [0.25, 0.3) is 0 Å². The number of halogens is 4. The summed E-state index contributed by atoms with van der Waals surface area (Å²) in [6.45, 7) is 0.289. The third-order valence-electron chi connectivity index (χ3n) is 0.989. The largest absolute Gasteiger partial charge is 0.481 e. The molecule has 0 bridgehead atoms. The molecule has 0 saturated heterocycles. The van der Waals surface area contributed by atoms with Crippen molar-refractivity contribution in [2.24, 2.45) is 0 Å². The Morgan fingerprint density at radius 1 is 1.19 bits per heavy atom. The first-order valence-corrected chi connectivity index (χ1v) is 4.17. The van der Waals surface area contributed by atoms with Crippen LogP contribution in [-0.4, -0.2) is 36.5 Å². The monoisotopic (exact) mass is 248 g/mol. The molecule has 0 rings (SSSR count). The molecule has 0 unspecified atom stereocenters. The van der Waals surface area contributed by atoms with Gasteiger partial charge < -0.3 is 9.84 Å². The van der Waals surface area contributed by atoms with Crippen LogP contribution in [0.4, 0.5) is 17.6 Å². The van der Waals surface area contributed by atoms with E-state index >= 15 is 0 Å². The number of carbonyl (C=O) groups excluding carboxylic acids is 1. The average molecular weight is 248 g/mol. The van der Waals surface area contributed by atoms with Crippen molar-refractivity contribution in [3.8, 4) is 0 Å². The van der Waals surface area contributed by atoms with Gasteiger partial charge in [-0.15, -0.1) is 0 Å². The second-order valence-electron chi connectivity index (χ2n) is 2.52. The highest BCUT2D eigenvalue weighted by Crippen LogP contribution is 2.01. The van der Waals surface area contributed by atoms with E-state index in [9.17, 15) is 27.2 Å². The van der Waals surface area contributed by atoms with Gasteiger partial charge in [-0.05, 0) is 0 Å². The van der Waals surface area contributed by atoms with Crippen molar-refractivity contribution in [1.82, 2.24) is 0 Å². The molecule has 1 N–H and O–H groups in total. The highest BCUT2D eigenvalue weighted by Gasteiger charge is 2.04. The first-order valence-electron chi connectivity index (χ1n) is 4.17. The number of carboxylic acid groups (broad SMARTS) is 1. The molecule has 8 heteroatoms. The van der Waals surface area contributed by atoms with Gasteiger partial charge >= 0.3 is 11.9 Å². The summed E-state index contributed by atoms with van der Waals surface area (Å²) in [5.41, 5.74) is 0. The van der Waals surface area contributed by atoms with E-state index < -0.39 is 44.2 Å². The van der Waals surface area contributed by atoms with Crippen molar-refractivity contribution < 1.29 is 37.0 Å². The Kier molecular flexibility index (Phi) is 10.9. The third-order valence-corrected chi connectivity index (χ3v) is 0.989. The van der Waals surface area contributed by atoms with Crippen LogP contribution in [0.15, 0.2) is 0 Å². The van der Waals surface area contributed by atoms with Crippen LogP contribution in [0, 0.1) is 0 Å². The normalized spacial score (nSPS) is 9.69. The standard InChI is InChI=1S/2C4H6F2O2/c1-3(7)8-2-4(5)6;5-3(6)1-2-4(7)8/h4H,2H2,1H3;3H,1-2H2,(H,7,8). The SMILES string of the molecule is CC(=O)OCC(F)F.O=C(O)CCC(F)F. The molecule has 0 spiro atoms. The maximum atomic E-state index is 11.1. The van der Waals surface area contributed by atoms with E-state index in [2.05, 4.69) is 4.74 Å². The Bertz CT molecular complexity index is 186. The zero-order valence-corrected chi connectivity index (χ0v) is 8.46. The Morgan fingerprint density at radius 3 is 1.81 bits per heavy atom. The lowest BCUT2D eigenvalue weighted by molar-refractivity contribution is -0.145. The number of rotatable bonds is 5. The van der Waals surface area contributed by atoms with Gasteiger partial charge in [0.15, 0.2) is 6.61 Å². The van der Waals surface area contributed by atoms with Gasteiger partial charge in [0.1, 0.15) is 0 Å². The van der Waals surface area contributed by atoms with Gasteiger partial charge in [0.25, 0.3) is 6.43 Å². The number of esters is 1. The first kappa shape index (κ1) is 17.1. The van der Waals surface area contributed by atoms with Gasteiger partial charge in [-0.1, -0.05) is 0 Å². The molecular weight excluding hydrogens is 236 g/mol. The topological polar surface area (TPSA) is 63.6 Å². The van der Waals surface area contributed by atoms with Crippen LogP contribution in [-0.2, 0) is 14.3 Å². The zero-order chi connectivity index (χ0) is 13.1. The number of carboxylic acids is 1. The molecule has 0 aliphatic carbocycles. The number of alkyl halides is 4. The highest BCUT2D eigenvalue weighted by atomic mass is 19.3. The molecule has 0 aromatic rings. The van der Waals surface area contributed by atoms with Crippen molar-refractivity contribution in [1.29, 1.82) is 0 Å². The summed E-state index contributed by atoms with van der Waals surface area (Å²) in [4.78, 5) is 19.4. The van der Waals surface area contributed by atoms with Crippen LogP contribution < -0.4 is 0 Å². The average Bonchev–Trinajstić information content (AvgIpc) is 2.12. The van der Waals surface area contributed by atoms with E-state index in [1.807, 2.05) is 0 Å². The van der Waals surface area contributed by atoms with Gasteiger partial charge in [0.2, 0.25) is 6.43 Å². The second-order valence-corrected chi connectivity index (χ2v) is 2.52. The minimum atomic E-state index is -2.56. The molecule has 96 valence electrons. The summed E-state index contributed by atoms with van der Waals surface area (Å²) in [5.74, 6) is -1.85. The Hall–Kier alpha value is -1.34. The molecule has 0 aromatic carbocycles. The van der Waals surface area contributed by atoms with Crippen molar-refractivity contribution in [2.45, 2.75) is 32.6 Å². The van der Waals surface area contributed by atoms with E-state index in [1.165, 1.54) is 0 Å². The molecule has 0 fully saturated rings. The van der Waals surface area contributed by atoms with Crippen molar-refractivity contribution in [3.63, 3.8) is 0 Å². The number of carbonyl (C=O) groups is 2. The summed E-state index contributed by atoms with van der Waals surface area (Å²) in [6.07, 6.45) is -6.04. The van der Waals surface area contributed by atoms with E-state index in [1.54, 1.807) is 0 Å². The maximum Gasteiger partial charge on any atom is 0.303 e. The van der Waals surface area contributed by atoms with Crippen LogP contribution in [0.1, 0.15) is 19.8 Å². The lowest BCUT2D eigenvalue weighted by atomic mass is 10.3. The summed E-state index contributed by atoms with van der Waals surface area (Å²) < 4.78 is 48.4. The van der Waals surface area contributed by atoms with E-state index in [0.29, 0.717) is 0 Å². The van der Waals surface area contributed by atoms with Crippen LogP contribution >= 0.6 is 0 Å². The predicted octanol–water partition coefficient (Wildman–Crippen LogP) is 1.93. The number of ether oxygens (including phenoxy) is 1. The molecule has 0 atom stereocenters. The minimum Gasteiger partial charge on any atom is -0.481 e. The number of hydrogen-bond acceptors (Lipinski definition) is 3. The van der Waals surface area contributed by atoms with Gasteiger partial charge in [-0.2, -0.15) is 0 Å². The Morgan fingerprint density at radius 2 is 1.69 bits per heavy atom. The summed E-state index contributed by atoms with van der Waals surface area (Å²) in [5, 5.41) is 7.83. The number of hydrogen-bond donors (Lipinski definition) is 1. The Balaban J connectivity index is 0. The van der Waals surface area contributed by atoms with Crippen molar-refractivity contribution in [2.75, 3.05) is 6.61 Å². The summed E-state index contributed by atoms with van der Waals surface area (Å²) >= 11 is 0. The minimum absolute atomic E-state index is 0.447. The van der Waals surface area contributed by atoms with Crippen LogP contribution in [0.3, 0.4) is 0 Å². The molecule has 0 heterocycles. The fraction of sp³-hybridized carbons (Fsp3) is 0.750. The molecule has 4 nitrogen and oxygen atoms in total. The van der Waals surface area contributed by atoms with Crippen molar-refractivity contribution in [3.05, 3.63) is 0 Å². The fourth-order valence-electron chi connectivity index (χ4n) is 0.413. The molecule has 0 aliphatic heterocycles. The van der Waals surface area contributed by atoms with Gasteiger partial charge in [0.05, 0.1) is 6.42 Å². The highest BCUT2D eigenvalue weighted by molar-refractivity contribution is 5.66. The fourth-order valence-corrected chi connectivity index (χ4v) is 0.413. The number of aliphatic carboxylic acids is 1. The maximum absolute atomic E-state index is 11.1. The van der Waals surface area contributed by atoms with Crippen LogP contribution in [0.5, 0.6) is 0 Å². The molecule has 16 heavy (non-hydrogen) atoms. The van der Waals surface area contributed by atoms with E-state index in [-0.39, 0.29) is 0 Å². The van der Waals surface area contributed by atoms with Crippen molar-refractivity contribution >= 4 is 11.9 Å². The predicted molar refractivity (Wildman–Crippen MR) is 45.5 cm³/mol. The van der Waals surface area contributed by atoms with Gasteiger partial charge in [-0.3, -0.25) is 9.59 Å². The first-order chi connectivity index (χ1) is 7.25. The lowest BCUT2D eigenvalue weighted by Gasteiger charge is -1.96. The lowest BCUT2D eigenvalue weighted by Crippen LogP contribution is -2.07. The van der Waals surface area contributed by atoms with Gasteiger partial charge in [0, 0.05) is 13.3 Å². The molecule has 0 aliphatic rings. The molecule has 0 radical (unpaired) electrons. The molecule has 0 saturated carbocycles. The molecule has 0 aromatic heterocycles. The van der Waals surface area contributed by atoms with Gasteiger partial charge in [-0.25, -0.2) is 17.6 Å². The Labute approximate surface area is 89.2 Å². The van der Waals surface area contributed by atoms with E-state index in [4.69, 9.17) is 5.11 Å². The summed E-state index contributed by atoms with van der Waals surface area (Å²) in [7, 11) is 0. The van der Waals surface area contributed by atoms with Crippen LogP contribution in [0.2, 0.25) is 0 Å². The zero-order valence-electron chi connectivity index (χ0n) is 8.46.